The summed E-state index contributed by atoms with van der Waals surface area (Å²) in [5.41, 5.74) is 9.83. The summed E-state index contributed by atoms with van der Waals surface area (Å²) in [5.74, 6) is 0.345. The van der Waals surface area contributed by atoms with E-state index in [-0.39, 0.29) is 11.9 Å². The highest BCUT2D eigenvalue weighted by Crippen LogP contribution is 2.22. The van der Waals surface area contributed by atoms with Crippen LogP contribution in [0.5, 0.6) is 0 Å². The van der Waals surface area contributed by atoms with E-state index >= 15 is 0 Å². The van der Waals surface area contributed by atoms with Gasteiger partial charge in [-0.25, -0.2) is 9.99 Å². The van der Waals surface area contributed by atoms with E-state index in [0.29, 0.717) is 12.3 Å². The van der Waals surface area contributed by atoms with E-state index in [4.69, 9.17) is 5.73 Å². The van der Waals surface area contributed by atoms with Crippen LogP contribution in [0.2, 0.25) is 0 Å². The van der Waals surface area contributed by atoms with Crippen molar-refractivity contribution in [1.82, 2.24) is 20.3 Å². The Balaban J connectivity index is 1.83. The van der Waals surface area contributed by atoms with Gasteiger partial charge in [-0.2, -0.15) is 0 Å². The van der Waals surface area contributed by atoms with Crippen molar-refractivity contribution in [2.24, 2.45) is 11.7 Å². The molecule has 2 rings (SSSR count). The minimum atomic E-state index is -0.0514. The summed E-state index contributed by atoms with van der Waals surface area (Å²) < 4.78 is 0. The quantitative estimate of drug-likeness (QED) is 0.834. The standard InChI is InChI=1S/C14H25N5OS/c1-10(2)13(15)14-16-11(9-21-14)8-12(20)17-19-6-4-18(3)5-7-19/h9-10,13H,4-8,15H2,1-3H3,(H,17,20). The molecule has 21 heavy (non-hydrogen) atoms. The van der Waals surface area contributed by atoms with Crippen LogP contribution in [0.25, 0.3) is 0 Å². The van der Waals surface area contributed by atoms with Crippen LogP contribution in [-0.4, -0.2) is 54.0 Å². The van der Waals surface area contributed by atoms with Crippen molar-refractivity contribution < 1.29 is 4.79 Å². The third-order valence-corrected chi connectivity index (χ3v) is 4.70. The number of thiazole rings is 1. The van der Waals surface area contributed by atoms with Gasteiger partial charge in [-0.3, -0.25) is 10.2 Å². The van der Waals surface area contributed by atoms with Gasteiger partial charge in [-0.05, 0) is 13.0 Å². The number of carbonyl (C=O) groups is 1. The molecule has 1 aromatic heterocycles. The summed E-state index contributed by atoms with van der Waals surface area (Å²) in [5, 5.41) is 4.82. The number of rotatable bonds is 5. The molecule has 1 unspecified atom stereocenters. The zero-order chi connectivity index (χ0) is 15.4. The highest BCUT2D eigenvalue weighted by Gasteiger charge is 2.18. The number of hydrazine groups is 1. The van der Waals surface area contributed by atoms with Crippen molar-refractivity contribution in [3.63, 3.8) is 0 Å². The Kier molecular flexibility index (Phi) is 5.69. The third-order valence-electron chi connectivity index (χ3n) is 3.70. The summed E-state index contributed by atoms with van der Waals surface area (Å²) >= 11 is 1.54. The molecule has 1 amide bonds. The van der Waals surface area contributed by atoms with Crippen molar-refractivity contribution in [2.75, 3.05) is 33.2 Å². The zero-order valence-electron chi connectivity index (χ0n) is 13.0. The summed E-state index contributed by atoms with van der Waals surface area (Å²) in [4.78, 5) is 18.8. The molecule has 1 aromatic rings. The highest BCUT2D eigenvalue weighted by atomic mass is 32.1. The van der Waals surface area contributed by atoms with Gasteiger partial charge in [0, 0.05) is 31.6 Å². The van der Waals surface area contributed by atoms with Crippen molar-refractivity contribution in [3.8, 4) is 0 Å². The third kappa shape index (κ3) is 4.74. The van der Waals surface area contributed by atoms with Crippen LogP contribution < -0.4 is 11.2 Å². The molecule has 0 spiro atoms. The molecule has 118 valence electrons. The Hall–Kier alpha value is -1.02. The zero-order valence-corrected chi connectivity index (χ0v) is 13.8. The maximum absolute atomic E-state index is 12.0. The monoisotopic (exact) mass is 311 g/mol. The predicted molar refractivity (Wildman–Crippen MR) is 84.8 cm³/mol. The predicted octanol–water partition coefficient (Wildman–Crippen LogP) is 0.620. The van der Waals surface area contributed by atoms with Crippen LogP contribution >= 0.6 is 11.3 Å². The van der Waals surface area contributed by atoms with Crippen molar-refractivity contribution >= 4 is 17.2 Å². The molecule has 1 saturated heterocycles. The van der Waals surface area contributed by atoms with Crippen molar-refractivity contribution in [3.05, 3.63) is 16.1 Å². The van der Waals surface area contributed by atoms with E-state index in [1.807, 2.05) is 10.4 Å². The maximum Gasteiger partial charge on any atom is 0.240 e. The molecule has 2 heterocycles. The van der Waals surface area contributed by atoms with Gasteiger partial charge in [-0.15, -0.1) is 11.3 Å². The highest BCUT2D eigenvalue weighted by molar-refractivity contribution is 7.09. The second-order valence-electron chi connectivity index (χ2n) is 5.95. The first-order valence-electron chi connectivity index (χ1n) is 7.38. The number of nitrogens with one attached hydrogen (secondary N) is 1. The number of hydrogen-bond donors (Lipinski definition) is 2. The first-order chi connectivity index (χ1) is 9.95. The number of aromatic nitrogens is 1. The van der Waals surface area contributed by atoms with Gasteiger partial charge in [0.2, 0.25) is 5.91 Å². The number of carbonyl (C=O) groups excluding carboxylic acids is 1. The number of amides is 1. The average molecular weight is 311 g/mol. The summed E-state index contributed by atoms with van der Waals surface area (Å²) in [7, 11) is 2.09. The summed E-state index contributed by atoms with van der Waals surface area (Å²) in [6.45, 7) is 7.83. The maximum atomic E-state index is 12.0. The fourth-order valence-electron chi connectivity index (χ4n) is 2.14. The minimum absolute atomic E-state index is 0.00507. The van der Waals surface area contributed by atoms with Gasteiger partial charge >= 0.3 is 0 Å². The van der Waals surface area contributed by atoms with E-state index in [2.05, 4.69) is 36.2 Å². The lowest BCUT2D eigenvalue weighted by molar-refractivity contribution is -0.126. The lowest BCUT2D eigenvalue weighted by Gasteiger charge is -2.32. The number of nitrogens with two attached hydrogens (primary N) is 1. The number of hydrogen-bond acceptors (Lipinski definition) is 6. The largest absolute Gasteiger partial charge is 0.322 e. The Bertz CT molecular complexity index is 468. The molecule has 6 nitrogen and oxygen atoms in total. The lowest BCUT2D eigenvalue weighted by Crippen LogP contribution is -2.52. The molecule has 0 aliphatic carbocycles. The Morgan fingerprint density at radius 1 is 1.43 bits per heavy atom. The van der Waals surface area contributed by atoms with Gasteiger partial charge in [0.05, 0.1) is 18.2 Å². The molecule has 3 N–H and O–H groups in total. The van der Waals surface area contributed by atoms with Crippen LogP contribution in [-0.2, 0) is 11.2 Å². The summed E-state index contributed by atoms with van der Waals surface area (Å²) in [6.07, 6.45) is 0.313. The molecule has 1 aliphatic rings. The van der Waals surface area contributed by atoms with Gasteiger partial charge in [0.15, 0.2) is 0 Å². The molecular weight excluding hydrogens is 286 g/mol. The lowest BCUT2D eigenvalue weighted by atomic mass is 10.1. The molecule has 0 radical (unpaired) electrons. The second-order valence-corrected chi connectivity index (χ2v) is 6.84. The van der Waals surface area contributed by atoms with Crippen LogP contribution in [0.1, 0.15) is 30.6 Å². The van der Waals surface area contributed by atoms with E-state index in [1.54, 1.807) is 0 Å². The van der Waals surface area contributed by atoms with Crippen molar-refractivity contribution in [1.29, 1.82) is 0 Å². The molecule has 1 fully saturated rings. The van der Waals surface area contributed by atoms with Gasteiger partial charge < -0.3 is 10.6 Å². The summed E-state index contributed by atoms with van der Waals surface area (Å²) in [6, 6.07) is -0.0514. The smallest absolute Gasteiger partial charge is 0.240 e. The fraction of sp³-hybridized carbons (Fsp3) is 0.714. The SMILES string of the molecule is CC(C)C(N)c1nc(CC(=O)NN2CCN(C)CC2)cs1. The number of nitrogens with zero attached hydrogens (tertiary/aromatic N) is 3. The van der Waals surface area contributed by atoms with E-state index in [9.17, 15) is 4.79 Å². The number of piperazine rings is 1. The first kappa shape index (κ1) is 16.4. The average Bonchev–Trinajstić information content (AvgIpc) is 2.88. The second kappa shape index (κ2) is 7.31. The van der Waals surface area contributed by atoms with Gasteiger partial charge in [-0.1, -0.05) is 13.8 Å². The molecule has 1 aliphatic heterocycles. The molecule has 0 bridgehead atoms. The Labute approximate surface area is 130 Å². The number of likely N-dealkylation sites (N-methyl/N-ethyl adjacent to an activating group) is 1. The van der Waals surface area contributed by atoms with E-state index in [1.165, 1.54) is 11.3 Å². The Morgan fingerprint density at radius 2 is 2.10 bits per heavy atom. The molecule has 0 aromatic carbocycles. The molecule has 7 heteroatoms. The van der Waals surface area contributed by atoms with Crippen LogP contribution in [0, 0.1) is 5.92 Å². The fourth-order valence-corrected chi connectivity index (χ4v) is 3.13. The Morgan fingerprint density at radius 3 is 2.71 bits per heavy atom. The minimum Gasteiger partial charge on any atom is -0.322 e. The van der Waals surface area contributed by atoms with E-state index < -0.39 is 0 Å². The van der Waals surface area contributed by atoms with Crippen molar-refractivity contribution in [2.45, 2.75) is 26.3 Å². The van der Waals surface area contributed by atoms with E-state index in [0.717, 1.165) is 36.9 Å². The van der Waals surface area contributed by atoms with Gasteiger partial charge in [0.25, 0.3) is 0 Å². The van der Waals surface area contributed by atoms with Gasteiger partial charge in [0.1, 0.15) is 5.01 Å². The normalized spacial score (nSPS) is 18.9. The molecular formula is C14H25N5OS. The van der Waals surface area contributed by atoms with Crippen LogP contribution in [0.15, 0.2) is 5.38 Å². The van der Waals surface area contributed by atoms with Crippen LogP contribution in [0.4, 0.5) is 0 Å². The first-order valence-corrected chi connectivity index (χ1v) is 8.26. The molecule has 0 saturated carbocycles. The van der Waals surface area contributed by atoms with Crippen LogP contribution in [0.3, 0.4) is 0 Å². The molecule has 1 atom stereocenters. The topological polar surface area (TPSA) is 74.5 Å².